The third-order valence-corrected chi connectivity index (χ3v) is 21.1. The van der Waals surface area contributed by atoms with Gasteiger partial charge < -0.3 is 102 Å². The summed E-state index contributed by atoms with van der Waals surface area (Å²) in [7, 11) is 9.00. The Balaban J connectivity index is 0.000000504. The Morgan fingerprint density at radius 2 is 1.18 bits per heavy atom. The van der Waals surface area contributed by atoms with Gasteiger partial charge in [0, 0.05) is 67.4 Å². The van der Waals surface area contributed by atoms with Crippen LogP contribution in [-0.2, 0) is 62.2 Å². The van der Waals surface area contributed by atoms with Crippen molar-refractivity contribution in [3.8, 4) is 11.5 Å². The predicted octanol–water partition coefficient (Wildman–Crippen LogP) is -1.34. The monoisotopic (exact) mass is 1660 g/mol. The summed E-state index contributed by atoms with van der Waals surface area (Å²) in [4.78, 5) is 235. The molecule has 6 aliphatic heterocycles. The summed E-state index contributed by atoms with van der Waals surface area (Å²) in [5.74, 6) is -12.9. The van der Waals surface area contributed by atoms with E-state index in [0.717, 1.165) is 14.4 Å². The first-order chi connectivity index (χ1) is 55.8. The minimum Gasteiger partial charge on any atom is -0.458 e. The molecule has 8 heterocycles. The maximum atomic E-state index is 15.2. The first-order valence-electron chi connectivity index (χ1n) is 38.8. The lowest BCUT2D eigenvalue weighted by atomic mass is 9.98. The number of ether oxygens (including phenoxy) is 3. The molecule has 0 bridgehead atoms. The van der Waals surface area contributed by atoms with E-state index in [2.05, 4.69) is 51.5 Å². The number of primary amides is 1. The summed E-state index contributed by atoms with van der Waals surface area (Å²) in [5.41, 5.74) is 13.4. The molecule has 5 fully saturated rings. The molecule has 5 saturated heterocycles. The third-order valence-electron chi connectivity index (χ3n) is 21.1. The van der Waals surface area contributed by atoms with Crippen LogP contribution in [-0.4, -0.2) is 299 Å². The van der Waals surface area contributed by atoms with Crippen molar-refractivity contribution in [2.45, 2.75) is 194 Å². The molecule has 7 aliphatic rings. The fraction of sp³-hybridized carbons (Fsp3) is 0.592. The van der Waals surface area contributed by atoms with E-state index >= 15 is 9.59 Å². The maximum absolute atomic E-state index is 15.2. The van der Waals surface area contributed by atoms with E-state index < -0.39 is 221 Å². The van der Waals surface area contributed by atoms with Crippen molar-refractivity contribution in [2.24, 2.45) is 39.7 Å². The van der Waals surface area contributed by atoms with E-state index in [1.165, 1.54) is 98.4 Å². The molecule has 1 aromatic carbocycles. The molecule has 3 aromatic rings. The highest BCUT2D eigenvalue weighted by molar-refractivity contribution is 6.11. The molecular formula is C76H108N22O21. The predicted molar refractivity (Wildman–Crippen MR) is 423 cm³/mol. The van der Waals surface area contributed by atoms with Gasteiger partial charge in [0.2, 0.25) is 64.5 Å². The van der Waals surface area contributed by atoms with Crippen molar-refractivity contribution >= 4 is 105 Å². The Morgan fingerprint density at radius 3 is 1.63 bits per heavy atom. The van der Waals surface area contributed by atoms with Crippen molar-refractivity contribution in [1.82, 2.24) is 85.2 Å². The van der Waals surface area contributed by atoms with Crippen LogP contribution in [0.1, 0.15) is 150 Å². The lowest BCUT2D eigenvalue weighted by molar-refractivity contribution is -0.163. The van der Waals surface area contributed by atoms with E-state index in [-0.39, 0.29) is 84.4 Å². The highest BCUT2D eigenvalue weighted by Crippen LogP contribution is 2.36. The Hall–Kier alpha value is -12.1. The second-order valence-corrected chi connectivity index (χ2v) is 31.6. The number of nitrogens with two attached hydrogens (primary N) is 3. The number of nitrogen functional groups attached to an aromatic ring is 2. The number of H-pyrrole nitrogens is 1. The molecule has 13 atom stereocenters. The van der Waals surface area contributed by atoms with Gasteiger partial charge in [-0.1, -0.05) is 66.7 Å². The normalized spacial score (nSPS) is 25.0. The van der Waals surface area contributed by atoms with Crippen LogP contribution in [0, 0.1) is 37.5 Å². The van der Waals surface area contributed by atoms with Crippen LogP contribution in [0.4, 0.5) is 17.5 Å². The van der Waals surface area contributed by atoms with E-state index in [0.29, 0.717) is 18.4 Å². The zero-order chi connectivity index (χ0) is 88.5. The number of likely N-dealkylation sites (N-methyl/N-ethyl adjacent to an activating group) is 4. The quantitative estimate of drug-likeness (QED) is 0.0214. The number of carbonyl (C=O) groups is 13. The van der Waals surface area contributed by atoms with E-state index in [1.54, 1.807) is 76.4 Å². The fourth-order valence-electron chi connectivity index (χ4n) is 14.6. The van der Waals surface area contributed by atoms with Crippen LogP contribution >= 0.6 is 0 Å². The van der Waals surface area contributed by atoms with Gasteiger partial charge >= 0.3 is 17.6 Å². The minimum atomic E-state index is -1.88. The van der Waals surface area contributed by atoms with Gasteiger partial charge in [0.25, 0.3) is 17.7 Å². The number of nitrogens with one attached hydrogen (secondary N) is 5. The molecule has 43 nitrogen and oxygen atoms in total. The van der Waals surface area contributed by atoms with Crippen LogP contribution in [0.3, 0.4) is 0 Å². The van der Waals surface area contributed by atoms with Crippen molar-refractivity contribution < 1.29 is 91.2 Å². The largest absolute Gasteiger partial charge is 0.458 e. The van der Waals surface area contributed by atoms with Gasteiger partial charge in [0.05, 0.1) is 48.9 Å². The Bertz CT molecular complexity index is 4810. The number of aromatic nitrogens is 6. The molecule has 13 N–H and O–H groups in total. The summed E-state index contributed by atoms with van der Waals surface area (Å²) in [6.07, 6.45) is -1.05. The van der Waals surface area contributed by atoms with Crippen molar-refractivity contribution in [1.29, 1.82) is 0 Å². The van der Waals surface area contributed by atoms with Gasteiger partial charge in [-0.05, 0) is 88.7 Å². The number of aryl methyl sites for hydroxylation is 1. The van der Waals surface area contributed by atoms with Gasteiger partial charge in [-0.15, -0.1) is 5.11 Å². The number of aliphatic hydroxyl groups is 2. The summed E-state index contributed by atoms with van der Waals surface area (Å²) in [5, 5.41) is 37.9. The maximum Gasteiger partial charge on any atom is 0.354 e. The topological polar surface area (TPSA) is 583 Å². The molecule has 119 heavy (non-hydrogen) atoms. The zero-order valence-corrected chi connectivity index (χ0v) is 69.8. The SMILES string of the molecule is CN(C)N=Nc1nc[nH]c1C(N)=O.Cc1c2oc3c(C)ccc(C(=O)NC4C(=O)NC(C(C)C)C(=O)N5CCCC5C(=O)N(C)CC(=O)N(C)C(C(C)C)C(=O)OC4C)c3nc-2c(C(=O)NC2C(=O)NC(C(C)C)C(=O)N3CCCC3C(=O)N(C)CC(=O)N(C)C(C(C)C)C(=O)OC2C)c(N)c1=O.Nc1ncn([C@H]2C[C@H](O)[C@@H](CO)O2)c(=O)n1. The number of nitrogens with zero attached hydrogens (tertiary/aromatic N) is 14. The first-order valence-corrected chi connectivity index (χ1v) is 38.8. The van der Waals surface area contributed by atoms with Gasteiger partial charge in [0.1, 0.15) is 90.4 Å². The number of benzene rings is 2. The number of hydrogen-bond donors (Lipinski definition) is 10. The first kappa shape index (κ1) is 92.4. The highest BCUT2D eigenvalue weighted by Gasteiger charge is 2.47. The van der Waals surface area contributed by atoms with Gasteiger partial charge in [-0.25, -0.2) is 29.3 Å². The van der Waals surface area contributed by atoms with E-state index in [1.807, 2.05) is 0 Å². The van der Waals surface area contributed by atoms with Crippen LogP contribution in [0.2, 0.25) is 0 Å². The van der Waals surface area contributed by atoms with Crippen LogP contribution in [0.15, 0.2) is 49.1 Å². The lowest BCUT2D eigenvalue weighted by Gasteiger charge is -2.36. The molecule has 0 radical (unpaired) electrons. The minimum absolute atomic E-state index is 0.0763. The number of cyclic esters (lactones) is 2. The number of rotatable bonds is 13. The van der Waals surface area contributed by atoms with Crippen molar-refractivity contribution in [3.63, 3.8) is 0 Å². The number of imidazole rings is 1. The molecule has 0 spiro atoms. The van der Waals surface area contributed by atoms with Gasteiger partial charge in [-0.2, -0.15) is 4.98 Å². The Labute approximate surface area is 684 Å². The zero-order valence-electron chi connectivity index (χ0n) is 69.8. The molecule has 10 rings (SSSR count). The highest BCUT2D eigenvalue weighted by atomic mass is 16.6. The summed E-state index contributed by atoms with van der Waals surface area (Å²) in [6.45, 7) is 18.1. The number of anilines is 2. The number of carbonyl (C=O) groups excluding carboxylic acids is 13. The fourth-order valence-corrected chi connectivity index (χ4v) is 14.6. The average Bonchev–Trinajstić information content (AvgIpc) is 1.45. The number of esters is 2. The molecule has 10 unspecified atom stereocenters. The van der Waals surface area contributed by atoms with Crippen molar-refractivity contribution in [3.05, 3.63) is 73.4 Å². The number of aromatic amines is 1. The molecule has 648 valence electrons. The molecule has 1 aliphatic carbocycles. The third kappa shape index (κ3) is 20.7. The summed E-state index contributed by atoms with van der Waals surface area (Å²) < 4.78 is 24.7. The summed E-state index contributed by atoms with van der Waals surface area (Å²) >= 11 is 0. The molecule has 11 amide bonds. The average molecular weight is 1670 g/mol. The van der Waals surface area contributed by atoms with Crippen LogP contribution in [0.5, 0.6) is 0 Å². The van der Waals surface area contributed by atoms with E-state index in [4.69, 9.17) is 45.9 Å². The Kier molecular flexibility index (Phi) is 30.2. The molecule has 2 aromatic heterocycles. The van der Waals surface area contributed by atoms with Gasteiger partial charge in [-0.3, -0.25) is 67.1 Å². The molecular weight excluding hydrogens is 1560 g/mol. The molecule has 43 heteroatoms. The van der Waals surface area contributed by atoms with Crippen molar-refractivity contribution in [2.75, 3.05) is 86.5 Å². The second-order valence-electron chi connectivity index (χ2n) is 31.6. The summed E-state index contributed by atoms with van der Waals surface area (Å²) in [6, 6.07) is -7.90. The number of hydrogen-bond acceptors (Lipinski definition) is 29. The number of amides is 11. The molecule has 0 saturated carbocycles. The number of aliphatic hydroxyl groups excluding tert-OH is 2. The smallest absolute Gasteiger partial charge is 0.354 e. The Morgan fingerprint density at radius 1 is 0.689 bits per heavy atom. The lowest BCUT2D eigenvalue weighted by Crippen LogP contribution is -2.61. The van der Waals surface area contributed by atoms with Crippen LogP contribution in [0.25, 0.3) is 22.6 Å². The van der Waals surface area contributed by atoms with Crippen LogP contribution < -0.4 is 49.6 Å². The standard InChI is InChI=1S/C62H86N12O16.C8H12N4O4.C6H10N6O/c1-27(2)42-59(84)73-23-17-19-36(73)57(82)69(13)25-38(75)71(15)48(29(5)6)61(86)88-33(11)44(55(80)65-42)67-53(78)35-22-21-31(9)51-46(35)64-47-40(41(63)50(77)32(10)52(47)90-51)54(79)68-45-34(12)89-62(87)49(30(7)8)72(16)39(76)26-70(14)58(83)37-20-18-24-74(37)60(85)43(28(3)4)66-56(45)81;9-7-10-3-12(8(15)11-7)6-1-4(14)5(2-13)16-6;1-12(2)11-10-6-4(5(7)13)8-3-9-6/h21-22,27-30,33-34,36-37,42-45,48-49H,17-20,23-26,63H2,1-16H3,(H,65,80)(H,66,81)(H,67,78)(H,68,79);3-6,13-14H,1-2H2,(H2,9,11,15);3H,1-2H3,(H2,7,13)(H,8,9)/t;4-,5+,6+;/m.0./s1. The number of fused-ring (bicyclic) bond motifs is 4. The van der Waals surface area contributed by atoms with Gasteiger partial charge in [0.15, 0.2) is 17.0 Å². The second kappa shape index (κ2) is 38.9. The van der Waals surface area contributed by atoms with E-state index in [9.17, 15) is 67.4 Å².